The number of hydrogen-bond acceptors (Lipinski definition) is 4. The summed E-state index contributed by atoms with van der Waals surface area (Å²) in [5.41, 5.74) is 4.50. The van der Waals surface area contributed by atoms with Crippen molar-refractivity contribution in [3.05, 3.63) is 29.8 Å². The third kappa shape index (κ3) is 3.59. The monoisotopic (exact) mass is 226 g/mol. The number of nitrogens with zero attached hydrogens (tertiary/aromatic N) is 1. The first-order chi connectivity index (χ1) is 7.13. The number of anilines is 1. The lowest BCUT2D eigenvalue weighted by atomic mass is 10.2. The van der Waals surface area contributed by atoms with Gasteiger partial charge >= 0.3 is 5.97 Å². The van der Waals surface area contributed by atoms with E-state index in [2.05, 4.69) is 15.3 Å². The number of nitrogens with one attached hydrogen (secondary N) is 1. The second kappa shape index (κ2) is 5.36. The first kappa shape index (κ1) is 11.5. The van der Waals surface area contributed by atoms with Crippen molar-refractivity contribution in [2.45, 2.75) is 6.92 Å². The molecule has 0 aliphatic heterocycles. The smallest absolute Gasteiger partial charge is 0.370 e. The van der Waals surface area contributed by atoms with Crippen LogP contribution in [0.1, 0.15) is 5.56 Å². The summed E-state index contributed by atoms with van der Waals surface area (Å²) in [6.07, 6.45) is 0. The Morgan fingerprint density at radius 3 is 2.87 bits per heavy atom. The standard InChI is InChI=1S/C10H11ClN2O2/c1-7-4-3-5-8(6-7)12-13-9(11)10(14)15-2/h3-6,12H,1-2H3/b13-9+. The van der Waals surface area contributed by atoms with Gasteiger partial charge in [0.15, 0.2) is 0 Å². The van der Waals surface area contributed by atoms with E-state index in [0.29, 0.717) is 0 Å². The number of esters is 1. The van der Waals surface area contributed by atoms with E-state index in [-0.39, 0.29) is 5.17 Å². The van der Waals surface area contributed by atoms with Crippen LogP contribution in [0.3, 0.4) is 0 Å². The molecule has 0 spiro atoms. The van der Waals surface area contributed by atoms with Crippen LogP contribution in [0.2, 0.25) is 0 Å². The lowest BCUT2D eigenvalue weighted by Gasteiger charge is -2.01. The quantitative estimate of drug-likeness (QED) is 0.488. The molecular weight excluding hydrogens is 216 g/mol. The van der Waals surface area contributed by atoms with Gasteiger partial charge in [-0.15, -0.1) is 0 Å². The van der Waals surface area contributed by atoms with Gasteiger partial charge in [0.2, 0.25) is 5.17 Å². The topological polar surface area (TPSA) is 50.7 Å². The summed E-state index contributed by atoms with van der Waals surface area (Å²) in [7, 11) is 1.24. The molecule has 0 aromatic heterocycles. The molecule has 0 atom stereocenters. The molecule has 5 heteroatoms. The van der Waals surface area contributed by atoms with Gasteiger partial charge in [0, 0.05) is 0 Å². The maximum Gasteiger partial charge on any atom is 0.370 e. The molecule has 1 N–H and O–H groups in total. The van der Waals surface area contributed by atoms with Gasteiger partial charge in [-0.1, -0.05) is 23.7 Å². The molecule has 15 heavy (non-hydrogen) atoms. The van der Waals surface area contributed by atoms with E-state index in [1.54, 1.807) is 0 Å². The van der Waals surface area contributed by atoms with Gasteiger partial charge in [-0.2, -0.15) is 5.10 Å². The molecule has 4 nitrogen and oxygen atoms in total. The van der Waals surface area contributed by atoms with Gasteiger partial charge in [-0.25, -0.2) is 4.79 Å². The van der Waals surface area contributed by atoms with E-state index in [1.807, 2.05) is 31.2 Å². The van der Waals surface area contributed by atoms with Crippen molar-refractivity contribution in [3.8, 4) is 0 Å². The van der Waals surface area contributed by atoms with E-state index >= 15 is 0 Å². The normalized spacial score (nSPS) is 11.0. The Balaban J connectivity index is 2.67. The first-order valence-electron chi connectivity index (χ1n) is 4.27. The summed E-state index contributed by atoms with van der Waals surface area (Å²) in [5.74, 6) is -0.670. The number of carbonyl (C=O) groups is 1. The molecule has 1 aromatic carbocycles. The van der Waals surface area contributed by atoms with Gasteiger partial charge in [0.05, 0.1) is 12.8 Å². The highest BCUT2D eigenvalue weighted by Gasteiger charge is 2.06. The van der Waals surface area contributed by atoms with Crippen molar-refractivity contribution >= 4 is 28.4 Å². The molecule has 0 heterocycles. The average molecular weight is 227 g/mol. The van der Waals surface area contributed by atoms with Crippen molar-refractivity contribution in [3.63, 3.8) is 0 Å². The summed E-state index contributed by atoms with van der Waals surface area (Å²) in [4.78, 5) is 10.9. The lowest BCUT2D eigenvalue weighted by molar-refractivity contribution is -0.132. The fourth-order valence-corrected chi connectivity index (χ4v) is 1.08. The molecular formula is C10H11ClN2O2. The Labute approximate surface area is 92.9 Å². The SMILES string of the molecule is COC(=O)/C(Cl)=N\Nc1cccc(C)c1. The van der Waals surface area contributed by atoms with Crippen LogP contribution in [-0.4, -0.2) is 18.2 Å². The Hall–Kier alpha value is -1.55. The molecule has 1 rings (SSSR count). The fourth-order valence-electron chi connectivity index (χ4n) is 0.958. The molecule has 0 bridgehead atoms. The molecule has 0 saturated heterocycles. The maximum atomic E-state index is 10.9. The number of rotatable bonds is 3. The predicted octanol–water partition coefficient (Wildman–Crippen LogP) is 2.13. The van der Waals surface area contributed by atoms with Crippen LogP contribution in [0, 0.1) is 6.92 Å². The van der Waals surface area contributed by atoms with Crippen LogP contribution < -0.4 is 5.43 Å². The van der Waals surface area contributed by atoms with Crippen molar-refractivity contribution in [2.75, 3.05) is 12.5 Å². The van der Waals surface area contributed by atoms with Crippen molar-refractivity contribution in [2.24, 2.45) is 5.10 Å². The maximum absolute atomic E-state index is 10.9. The van der Waals surface area contributed by atoms with Gasteiger partial charge in [0.25, 0.3) is 0 Å². The van der Waals surface area contributed by atoms with Gasteiger partial charge in [-0.05, 0) is 24.6 Å². The highest BCUT2D eigenvalue weighted by Crippen LogP contribution is 2.09. The Morgan fingerprint density at radius 2 is 2.27 bits per heavy atom. The van der Waals surface area contributed by atoms with E-state index in [1.165, 1.54) is 7.11 Å². The molecule has 0 unspecified atom stereocenters. The summed E-state index contributed by atoms with van der Waals surface area (Å²) in [5, 5.41) is 3.43. The van der Waals surface area contributed by atoms with Gasteiger partial charge in [0.1, 0.15) is 0 Å². The largest absolute Gasteiger partial charge is 0.464 e. The second-order valence-electron chi connectivity index (χ2n) is 2.88. The predicted molar refractivity (Wildman–Crippen MR) is 60.1 cm³/mol. The van der Waals surface area contributed by atoms with Crippen LogP contribution in [0.4, 0.5) is 5.69 Å². The zero-order valence-electron chi connectivity index (χ0n) is 8.45. The summed E-state index contributed by atoms with van der Waals surface area (Å²) in [6, 6.07) is 7.53. The molecule has 0 radical (unpaired) electrons. The summed E-state index contributed by atoms with van der Waals surface area (Å²) in [6.45, 7) is 1.96. The second-order valence-corrected chi connectivity index (χ2v) is 3.23. The number of hydrazone groups is 1. The number of methoxy groups -OCH3 is 1. The molecule has 80 valence electrons. The van der Waals surface area contributed by atoms with Gasteiger partial charge < -0.3 is 4.74 Å². The highest BCUT2D eigenvalue weighted by molar-refractivity contribution is 6.82. The minimum Gasteiger partial charge on any atom is -0.464 e. The van der Waals surface area contributed by atoms with E-state index in [0.717, 1.165) is 11.3 Å². The summed E-state index contributed by atoms with van der Waals surface area (Å²) >= 11 is 5.53. The van der Waals surface area contributed by atoms with Crippen molar-refractivity contribution < 1.29 is 9.53 Å². The fraction of sp³-hybridized carbons (Fsp3) is 0.200. The van der Waals surface area contributed by atoms with E-state index < -0.39 is 5.97 Å². The lowest BCUT2D eigenvalue weighted by Crippen LogP contribution is -2.11. The molecule has 0 aliphatic rings. The number of carbonyl (C=O) groups excluding carboxylic acids is 1. The molecule has 0 fully saturated rings. The summed E-state index contributed by atoms with van der Waals surface area (Å²) < 4.78 is 4.38. The number of ether oxygens (including phenoxy) is 1. The van der Waals surface area contributed by atoms with Crippen LogP contribution in [0.25, 0.3) is 0 Å². The minimum atomic E-state index is -0.670. The van der Waals surface area contributed by atoms with E-state index in [9.17, 15) is 4.79 Å². The average Bonchev–Trinajstić information content (AvgIpc) is 2.25. The van der Waals surface area contributed by atoms with E-state index in [4.69, 9.17) is 11.6 Å². The van der Waals surface area contributed by atoms with Gasteiger partial charge in [-0.3, -0.25) is 5.43 Å². The highest BCUT2D eigenvalue weighted by atomic mass is 35.5. The number of halogens is 1. The zero-order valence-corrected chi connectivity index (χ0v) is 9.21. The van der Waals surface area contributed by atoms with Crippen LogP contribution in [0.15, 0.2) is 29.4 Å². The molecule has 0 saturated carbocycles. The zero-order chi connectivity index (χ0) is 11.3. The Morgan fingerprint density at radius 1 is 1.53 bits per heavy atom. The van der Waals surface area contributed by atoms with Crippen molar-refractivity contribution in [1.82, 2.24) is 0 Å². The third-order valence-electron chi connectivity index (χ3n) is 1.66. The third-order valence-corrected chi connectivity index (χ3v) is 1.89. The molecule has 1 aromatic rings. The van der Waals surface area contributed by atoms with Crippen LogP contribution in [0.5, 0.6) is 0 Å². The number of benzene rings is 1. The number of aryl methyl sites for hydroxylation is 1. The number of hydrogen-bond donors (Lipinski definition) is 1. The Kier molecular flexibility index (Phi) is 4.12. The first-order valence-corrected chi connectivity index (χ1v) is 4.65. The van der Waals surface area contributed by atoms with Crippen molar-refractivity contribution in [1.29, 1.82) is 0 Å². The molecule has 0 aliphatic carbocycles. The molecule has 0 amide bonds. The Bertz CT molecular complexity index is 391. The van der Waals surface area contributed by atoms with Crippen LogP contribution in [-0.2, 0) is 9.53 Å². The van der Waals surface area contributed by atoms with Crippen LogP contribution >= 0.6 is 11.6 Å². The minimum absolute atomic E-state index is 0.237.